The molecule has 1 aliphatic rings. The molecule has 1 aromatic carbocycles. The van der Waals surface area contributed by atoms with Crippen molar-refractivity contribution in [2.24, 2.45) is 0 Å². The Morgan fingerprint density at radius 2 is 2.09 bits per heavy atom. The first-order valence-corrected chi connectivity index (χ1v) is 7.64. The van der Waals surface area contributed by atoms with Crippen LogP contribution in [-0.4, -0.2) is 24.0 Å². The zero-order valence-corrected chi connectivity index (χ0v) is 13.2. The molecule has 5 nitrogen and oxygen atoms in total. The highest BCUT2D eigenvalue weighted by molar-refractivity contribution is 6.31. The van der Waals surface area contributed by atoms with Crippen LogP contribution in [0.2, 0.25) is 5.02 Å². The van der Waals surface area contributed by atoms with E-state index in [1.54, 1.807) is 0 Å². The molecule has 1 saturated carbocycles. The zero-order valence-electron chi connectivity index (χ0n) is 12.4. The number of ether oxygens (including phenoxy) is 1. The number of amides is 1. The van der Waals surface area contributed by atoms with E-state index in [1.807, 2.05) is 0 Å². The van der Waals surface area contributed by atoms with Crippen LogP contribution in [0.15, 0.2) is 18.2 Å². The third-order valence-electron chi connectivity index (χ3n) is 3.80. The Morgan fingerprint density at radius 3 is 2.70 bits per heavy atom. The maximum atomic E-state index is 13.6. The fourth-order valence-electron chi connectivity index (χ4n) is 2.59. The minimum absolute atomic E-state index is 0.0314. The van der Waals surface area contributed by atoms with Gasteiger partial charge >= 0.3 is 5.97 Å². The maximum absolute atomic E-state index is 13.6. The summed E-state index contributed by atoms with van der Waals surface area (Å²) >= 11 is 5.82. The van der Waals surface area contributed by atoms with Gasteiger partial charge in [-0.1, -0.05) is 17.7 Å². The van der Waals surface area contributed by atoms with Crippen LogP contribution in [-0.2, 0) is 20.7 Å². The molecule has 7 heteroatoms. The molecule has 122 valence electrons. The number of nitriles is 1. The summed E-state index contributed by atoms with van der Waals surface area (Å²) in [5.41, 5.74) is -0.831. The van der Waals surface area contributed by atoms with Crippen molar-refractivity contribution in [2.75, 3.05) is 6.61 Å². The van der Waals surface area contributed by atoms with Gasteiger partial charge in [0.15, 0.2) is 6.61 Å². The number of rotatable bonds is 5. The molecule has 0 heterocycles. The number of hydrogen-bond donors (Lipinski definition) is 1. The van der Waals surface area contributed by atoms with Gasteiger partial charge in [0.1, 0.15) is 11.4 Å². The summed E-state index contributed by atoms with van der Waals surface area (Å²) in [5, 5.41) is 11.9. The van der Waals surface area contributed by atoms with Gasteiger partial charge in [0.2, 0.25) is 0 Å². The second-order valence-corrected chi connectivity index (χ2v) is 5.89. The predicted molar refractivity (Wildman–Crippen MR) is 81.0 cm³/mol. The molecule has 2 rings (SSSR count). The molecule has 1 amide bonds. The minimum Gasteiger partial charge on any atom is -0.455 e. The van der Waals surface area contributed by atoms with Gasteiger partial charge in [-0.15, -0.1) is 0 Å². The first-order valence-electron chi connectivity index (χ1n) is 7.26. The second kappa shape index (κ2) is 7.42. The van der Waals surface area contributed by atoms with E-state index in [0.29, 0.717) is 12.8 Å². The molecular formula is C16H16ClFN2O3. The van der Waals surface area contributed by atoms with Crippen LogP contribution in [0.4, 0.5) is 4.39 Å². The molecule has 1 aliphatic carbocycles. The van der Waals surface area contributed by atoms with Crippen LogP contribution in [0.1, 0.15) is 31.2 Å². The van der Waals surface area contributed by atoms with Crippen LogP contribution in [0.5, 0.6) is 0 Å². The van der Waals surface area contributed by atoms with Gasteiger partial charge in [-0.05, 0) is 37.8 Å². The number of carbonyl (C=O) groups is 2. The van der Waals surface area contributed by atoms with E-state index in [0.717, 1.165) is 12.8 Å². The summed E-state index contributed by atoms with van der Waals surface area (Å²) in [5.74, 6) is -1.90. The van der Waals surface area contributed by atoms with Crippen molar-refractivity contribution in [2.45, 2.75) is 37.6 Å². The van der Waals surface area contributed by atoms with E-state index in [2.05, 4.69) is 11.4 Å². The predicted octanol–water partition coefficient (Wildman–Crippen LogP) is 2.52. The van der Waals surface area contributed by atoms with E-state index in [4.69, 9.17) is 21.6 Å². The van der Waals surface area contributed by atoms with Gasteiger partial charge in [-0.3, -0.25) is 9.59 Å². The minimum atomic E-state index is -0.863. The van der Waals surface area contributed by atoms with Gasteiger partial charge in [0.05, 0.1) is 12.5 Å². The highest BCUT2D eigenvalue weighted by Gasteiger charge is 2.35. The van der Waals surface area contributed by atoms with Crippen molar-refractivity contribution in [1.29, 1.82) is 5.26 Å². The Balaban J connectivity index is 1.85. The quantitative estimate of drug-likeness (QED) is 0.837. The number of halogens is 2. The third-order valence-corrected chi connectivity index (χ3v) is 4.15. The Bertz CT molecular complexity index is 631. The fraction of sp³-hybridized carbons (Fsp3) is 0.438. The monoisotopic (exact) mass is 338 g/mol. The summed E-state index contributed by atoms with van der Waals surface area (Å²) in [6.45, 7) is -0.506. The first-order chi connectivity index (χ1) is 11.0. The molecule has 0 spiro atoms. The SMILES string of the molecule is N#CC1(NC(=O)COC(=O)Cc2c(F)cccc2Cl)CCCC1. The summed E-state index contributed by atoms with van der Waals surface area (Å²) in [4.78, 5) is 23.5. The van der Waals surface area contributed by atoms with Gasteiger partial charge in [0, 0.05) is 10.6 Å². The van der Waals surface area contributed by atoms with Crippen molar-refractivity contribution >= 4 is 23.5 Å². The lowest BCUT2D eigenvalue weighted by Crippen LogP contribution is -2.46. The molecule has 0 bridgehead atoms. The van der Waals surface area contributed by atoms with E-state index < -0.39 is 29.8 Å². The summed E-state index contributed by atoms with van der Waals surface area (Å²) < 4.78 is 18.4. The third kappa shape index (κ3) is 4.42. The van der Waals surface area contributed by atoms with Crippen molar-refractivity contribution in [3.05, 3.63) is 34.6 Å². The Kier molecular flexibility index (Phi) is 5.56. The smallest absolute Gasteiger partial charge is 0.310 e. The average molecular weight is 339 g/mol. The van der Waals surface area contributed by atoms with E-state index >= 15 is 0 Å². The highest BCUT2D eigenvalue weighted by Crippen LogP contribution is 2.28. The fourth-order valence-corrected chi connectivity index (χ4v) is 2.82. The number of hydrogen-bond acceptors (Lipinski definition) is 4. The molecule has 0 saturated heterocycles. The number of nitrogens with zero attached hydrogens (tertiary/aromatic N) is 1. The molecule has 1 N–H and O–H groups in total. The first kappa shape index (κ1) is 17.2. The van der Waals surface area contributed by atoms with Crippen molar-refractivity contribution in [3.8, 4) is 6.07 Å². The lowest BCUT2D eigenvalue weighted by molar-refractivity contribution is -0.148. The molecule has 0 aliphatic heterocycles. The number of esters is 1. The standard InChI is InChI=1S/C16H16ClFN2O3/c17-12-4-3-5-13(18)11(12)8-15(22)23-9-14(21)20-16(10-19)6-1-2-7-16/h3-5H,1-2,6-9H2,(H,20,21). The van der Waals surface area contributed by atoms with E-state index in [1.165, 1.54) is 18.2 Å². The lowest BCUT2D eigenvalue weighted by Gasteiger charge is -2.21. The van der Waals surface area contributed by atoms with Gasteiger partial charge in [-0.25, -0.2) is 4.39 Å². The van der Waals surface area contributed by atoms with E-state index in [-0.39, 0.29) is 17.0 Å². The summed E-state index contributed by atoms with van der Waals surface area (Å²) in [6.07, 6.45) is 2.57. The molecular weight excluding hydrogens is 323 g/mol. The molecule has 23 heavy (non-hydrogen) atoms. The molecule has 1 aromatic rings. The largest absolute Gasteiger partial charge is 0.455 e. The summed E-state index contributed by atoms with van der Waals surface area (Å²) in [7, 11) is 0. The van der Waals surface area contributed by atoms with Gasteiger partial charge in [-0.2, -0.15) is 5.26 Å². The highest BCUT2D eigenvalue weighted by atomic mass is 35.5. The van der Waals surface area contributed by atoms with Crippen molar-refractivity contribution in [1.82, 2.24) is 5.32 Å². The molecule has 0 aromatic heterocycles. The zero-order chi connectivity index (χ0) is 16.9. The Morgan fingerprint density at radius 1 is 1.39 bits per heavy atom. The summed E-state index contributed by atoms with van der Waals surface area (Å²) in [6, 6.07) is 6.21. The Hall–Kier alpha value is -2.13. The normalized spacial score (nSPS) is 15.7. The second-order valence-electron chi connectivity index (χ2n) is 5.49. The Labute approximate surface area is 138 Å². The van der Waals surface area contributed by atoms with Crippen LogP contribution in [0.3, 0.4) is 0 Å². The van der Waals surface area contributed by atoms with Gasteiger partial charge < -0.3 is 10.1 Å². The topological polar surface area (TPSA) is 79.2 Å². The van der Waals surface area contributed by atoms with Crippen molar-refractivity contribution in [3.63, 3.8) is 0 Å². The number of benzene rings is 1. The van der Waals surface area contributed by atoms with Crippen LogP contribution >= 0.6 is 11.6 Å². The maximum Gasteiger partial charge on any atom is 0.310 e. The molecule has 0 atom stereocenters. The molecule has 0 radical (unpaired) electrons. The van der Waals surface area contributed by atoms with Crippen LogP contribution < -0.4 is 5.32 Å². The average Bonchev–Trinajstić information content (AvgIpc) is 2.98. The van der Waals surface area contributed by atoms with E-state index in [9.17, 15) is 14.0 Å². The number of carbonyl (C=O) groups excluding carboxylic acids is 2. The van der Waals surface area contributed by atoms with Crippen LogP contribution in [0, 0.1) is 17.1 Å². The van der Waals surface area contributed by atoms with Crippen LogP contribution in [0.25, 0.3) is 0 Å². The lowest BCUT2D eigenvalue weighted by atomic mass is 10.00. The number of nitrogens with one attached hydrogen (secondary N) is 1. The molecule has 0 unspecified atom stereocenters. The molecule has 1 fully saturated rings. The van der Waals surface area contributed by atoms with Crippen molar-refractivity contribution < 1.29 is 18.7 Å². The van der Waals surface area contributed by atoms with Gasteiger partial charge in [0.25, 0.3) is 5.91 Å².